The molecule has 1 aliphatic rings. The van der Waals surface area contributed by atoms with Crippen molar-refractivity contribution in [3.8, 4) is 0 Å². The first kappa shape index (κ1) is 17.2. The van der Waals surface area contributed by atoms with Crippen LogP contribution in [0.25, 0.3) is 0 Å². The summed E-state index contributed by atoms with van der Waals surface area (Å²) in [5.41, 5.74) is 0. The standard InChI is InChI=1S/C15H27N3OS2/c1-9(2)6-12(16-5)7-14-17-15(18-19-14)13-8-20-10(3)11(4)21-13/h9-13,16H,6-8H2,1-5H3. The van der Waals surface area contributed by atoms with Crippen molar-refractivity contribution in [2.24, 2.45) is 5.92 Å². The van der Waals surface area contributed by atoms with Gasteiger partial charge in [0, 0.05) is 28.7 Å². The van der Waals surface area contributed by atoms with E-state index in [4.69, 9.17) is 4.52 Å². The van der Waals surface area contributed by atoms with Gasteiger partial charge >= 0.3 is 0 Å². The Kier molecular flexibility index (Phi) is 6.44. The van der Waals surface area contributed by atoms with Crippen LogP contribution in [-0.2, 0) is 6.42 Å². The second kappa shape index (κ2) is 7.88. The minimum atomic E-state index is 0.372. The quantitative estimate of drug-likeness (QED) is 0.861. The fraction of sp³-hybridized carbons (Fsp3) is 0.867. The smallest absolute Gasteiger partial charge is 0.228 e. The number of hydrogen-bond acceptors (Lipinski definition) is 6. The predicted octanol–water partition coefficient (Wildman–Crippen LogP) is 3.54. The Labute approximate surface area is 136 Å². The first-order valence-electron chi connectivity index (χ1n) is 7.76. The number of hydrogen-bond donors (Lipinski definition) is 1. The molecule has 0 bridgehead atoms. The molecule has 0 saturated carbocycles. The summed E-state index contributed by atoms with van der Waals surface area (Å²) < 4.78 is 5.47. The molecule has 2 heterocycles. The Morgan fingerprint density at radius 3 is 2.71 bits per heavy atom. The average Bonchev–Trinajstić information content (AvgIpc) is 2.89. The van der Waals surface area contributed by atoms with Crippen molar-refractivity contribution in [1.82, 2.24) is 15.5 Å². The number of nitrogens with zero attached hydrogens (tertiary/aromatic N) is 2. The Hall–Kier alpha value is -0.200. The monoisotopic (exact) mass is 329 g/mol. The molecule has 120 valence electrons. The van der Waals surface area contributed by atoms with Gasteiger partial charge in [0.2, 0.25) is 5.89 Å². The van der Waals surface area contributed by atoms with Crippen molar-refractivity contribution in [1.29, 1.82) is 0 Å². The molecule has 21 heavy (non-hydrogen) atoms. The third-order valence-electron chi connectivity index (χ3n) is 3.91. The molecule has 1 saturated heterocycles. The van der Waals surface area contributed by atoms with Crippen LogP contribution >= 0.6 is 23.5 Å². The molecule has 1 fully saturated rings. The van der Waals surface area contributed by atoms with E-state index in [2.05, 4.69) is 43.2 Å². The summed E-state index contributed by atoms with van der Waals surface area (Å²) in [7, 11) is 2.00. The maximum atomic E-state index is 5.47. The number of aromatic nitrogens is 2. The van der Waals surface area contributed by atoms with E-state index in [0.29, 0.717) is 27.7 Å². The van der Waals surface area contributed by atoms with Crippen LogP contribution in [0.15, 0.2) is 4.52 Å². The first-order valence-corrected chi connectivity index (χ1v) is 9.75. The van der Waals surface area contributed by atoms with Gasteiger partial charge in [0.15, 0.2) is 5.82 Å². The Morgan fingerprint density at radius 2 is 2.10 bits per heavy atom. The van der Waals surface area contributed by atoms with Gasteiger partial charge in [-0.1, -0.05) is 32.9 Å². The van der Waals surface area contributed by atoms with Gasteiger partial charge in [-0.3, -0.25) is 0 Å². The molecular formula is C15H27N3OS2. The third-order valence-corrected chi connectivity index (χ3v) is 7.29. The van der Waals surface area contributed by atoms with E-state index in [1.165, 1.54) is 0 Å². The number of rotatable bonds is 6. The molecule has 0 amide bonds. The van der Waals surface area contributed by atoms with Crippen molar-refractivity contribution in [3.63, 3.8) is 0 Å². The lowest BCUT2D eigenvalue weighted by Gasteiger charge is -2.29. The van der Waals surface area contributed by atoms with Crippen LogP contribution in [0.4, 0.5) is 0 Å². The highest BCUT2D eigenvalue weighted by Crippen LogP contribution is 2.43. The fourth-order valence-electron chi connectivity index (χ4n) is 2.48. The zero-order valence-electron chi connectivity index (χ0n) is 13.6. The van der Waals surface area contributed by atoms with Gasteiger partial charge in [-0.2, -0.15) is 16.7 Å². The molecule has 4 atom stereocenters. The van der Waals surface area contributed by atoms with E-state index in [9.17, 15) is 0 Å². The average molecular weight is 330 g/mol. The molecule has 4 nitrogen and oxygen atoms in total. The van der Waals surface area contributed by atoms with Gasteiger partial charge in [-0.05, 0) is 19.4 Å². The SMILES string of the molecule is CNC(Cc1nc(C2CSC(C)C(C)S2)no1)CC(C)C. The zero-order valence-corrected chi connectivity index (χ0v) is 15.3. The number of likely N-dealkylation sites (N-methyl/N-ethyl adjacent to an activating group) is 1. The Bertz CT molecular complexity index is 438. The first-order chi connectivity index (χ1) is 9.99. The number of nitrogens with one attached hydrogen (secondary N) is 1. The molecule has 0 aliphatic carbocycles. The summed E-state index contributed by atoms with van der Waals surface area (Å²) in [6.45, 7) is 9.06. The van der Waals surface area contributed by atoms with Crippen molar-refractivity contribution in [2.45, 2.75) is 62.3 Å². The zero-order chi connectivity index (χ0) is 15.4. The van der Waals surface area contributed by atoms with Gasteiger partial charge in [-0.15, -0.1) is 11.8 Å². The molecule has 1 aromatic rings. The second-order valence-corrected chi connectivity index (χ2v) is 9.23. The minimum Gasteiger partial charge on any atom is -0.339 e. The summed E-state index contributed by atoms with van der Waals surface area (Å²) in [6, 6.07) is 0.408. The molecule has 1 aromatic heterocycles. The molecule has 1 N–H and O–H groups in total. The van der Waals surface area contributed by atoms with Crippen LogP contribution in [-0.4, -0.2) is 39.5 Å². The maximum Gasteiger partial charge on any atom is 0.228 e. The Morgan fingerprint density at radius 1 is 1.33 bits per heavy atom. The molecule has 2 rings (SSSR count). The third kappa shape index (κ3) is 4.89. The van der Waals surface area contributed by atoms with Gasteiger partial charge < -0.3 is 9.84 Å². The second-order valence-electron chi connectivity index (χ2n) is 6.23. The summed E-state index contributed by atoms with van der Waals surface area (Å²) in [4.78, 5) is 4.64. The van der Waals surface area contributed by atoms with E-state index >= 15 is 0 Å². The lowest BCUT2D eigenvalue weighted by atomic mass is 10.0. The van der Waals surface area contributed by atoms with Crippen molar-refractivity contribution >= 4 is 23.5 Å². The molecule has 0 radical (unpaired) electrons. The van der Waals surface area contributed by atoms with Crippen molar-refractivity contribution in [3.05, 3.63) is 11.7 Å². The lowest BCUT2D eigenvalue weighted by molar-refractivity contribution is 0.342. The van der Waals surface area contributed by atoms with E-state index < -0.39 is 0 Å². The highest BCUT2D eigenvalue weighted by atomic mass is 32.2. The summed E-state index contributed by atoms with van der Waals surface area (Å²) >= 11 is 3.99. The van der Waals surface area contributed by atoms with Gasteiger partial charge in [0.05, 0.1) is 5.25 Å². The van der Waals surface area contributed by atoms with Crippen molar-refractivity contribution < 1.29 is 4.52 Å². The summed E-state index contributed by atoms with van der Waals surface area (Å²) in [5, 5.41) is 9.28. The highest BCUT2D eigenvalue weighted by molar-refractivity contribution is 8.07. The molecular weight excluding hydrogens is 302 g/mol. The molecule has 4 unspecified atom stereocenters. The Balaban J connectivity index is 1.94. The molecule has 0 aromatic carbocycles. The van der Waals surface area contributed by atoms with Gasteiger partial charge in [-0.25, -0.2) is 0 Å². The van der Waals surface area contributed by atoms with Crippen LogP contribution in [0.5, 0.6) is 0 Å². The van der Waals surface area contributed by atoms with Crippen LogP contribution in [0.3, 0.4) is 0 Å². The molecule has 6 heteroatoms. The fourth-order valence-corrected chi connectivity index (χ4v) is 5.32. The van der Waals surface area contributed by atoms with Crippen LogP contribution < -0.4 is 5.32 Å². The van der Waals surface area contributed by atoms with E-state index in [-0.39, 0.29) is 0 Å². The van der Waals surface area contributed by atoms with Crippen LogP contribution in [0.1, 0.15) is 51.1 Å². The molecule has 0 spiro atoms. The van der Waals surface area contributed by atoms with Gasteiger partial charge in [0.25, 0.3) is 0 Å². The van der Waals surface area contributed by atoms with E-state index in [1.807, 2.05) is 30.6 Å². The minimum absolute atomic E-state index is 0.372. The summed E-state index contributed by atoms with van der Waals surface area (Å²) in [5.74, 6) is 3.39. The number of thioether (sulfide) groups is 2. The van der Waals surface area contributed by atoms with E-state index in [1.54, 1.807) is 0 Å². The van der Waals surface area contributed by atoms with Crippen LogP contribution in [0.2, 0.25) is 0 Å². The van der Waals surface area contributed by atoms with Gasteiger partial charge in [0.1, 0.15) is 0 Å². The highest BCUT2D eigenvalue weighted by Gasteiger charge is 2.30. The van der Waals surface area contributed by atoms with Crippen molar-refractivity contribution in [2.75, 3.05) is 12.8 Å². The predicted molar refractivity (Wildman–Crippen MR) is 92.0 cm³/mol. The largest absolute Gasteiger partial charge is 0.339 e. The lowest BCUT2D eigenvalue weighted by Crippen LogP contribution is -2.29. The summed E-state index contributed by atoms with van der Waals surface area (Å²) in [6.07, 6.45) is 1.94. The topological polar surface area (TPSA) is 51.0 Å². The molecule has 1 aliphatic heterocycles. The van der Waals surface area contributed by atoms with E-state index in [0.717, 1.165) is 30.3 Å². The van der Waals surface area contributed by atoms with Crippen LogP contribution in [0, 0.1) is 5.92 Å². The normalized spacial score (nSPS) is 28.0. The maximum absolute atomic E-state index is 5.47.